The highest BCUT2D eigenvalue weighted by molar-refractivity contribution is 5.48. The van der Waals surface area contributed by atoms with Crippen molar-refractivity contribution in [2.75, 3.05) is 18.5 Å². The maximum absolute atomic E-state index is 5.82. The van der Waals surface area contributed by atoms with Crippen LogP contribution in [0.3, 0.4) is 0 Å². The Bertz CT molecular complexity index is 529. The first-order valence-corrected chi connectivity index (χ1v) is 6.42. The molecule has 0 fully saturated rings. The van der Waals surface area contributed by atoms with Gasteiger partial charge in [0, 0.05) is 12.6 Å². The van der Waals surface area contributed by atoms with Gasteiger partial charge in [0.15, 0.2) is 11.5 Å². The molecule has 0 unspecified atom stereocenters. The molecule has 4 heteroatoms. The monoisotopic (exact) mass is 258 g/mol. The summed E-state index contributed by atoms with van der Waals surface area (Å²) < 4.78 is 11.3. The summed E-state index contributed by atoms with van der Waals surface area (Å²) in [5.74, 6) is 2.12. The molecule has 0 saturated carbocycles. The molecule has 0 aliphatic carbocycles. The molecule has 1 aromatic heterocycles. The topological polar surface area (TPSA) is 43.4 Å². The van der Waals surface area contributed by atoms with Gasteiger partial charge in [0.1, 0.15) is 5.75 Å². The fraction of sp³-hybridized carbons (Fsp3) is 0.267. The molecule has 1 heterocycles. The Hall–Kier alpha value is -2.23. The molecule has 1 aromatic carbocycles. The zero-order valence-electron chi connectivity index (χ0n) is 11.2. The standard InChI is InChI=1S/C15H18N2O2/c1-3-17-12-9-13(11-16-10-12)19-15-8-6-5-7-14(15)18-4-2/h5-11,17H,3-4H2,1-2H3. The number of nitrogens with zero attached hydrogens (tertiary/aromatic N) is 1. The van der Waals surface area contributed by atoms with Gasteiger partial charge in [-0.2, -0.15) is 0 Å². The third-order valence-electron chi connectivity index (χ3n) is 2.47. The molecule has 2 aromatic rings. The number of rotatable bonds is 6. The number of anilines is 1. The third kappa shape index (κ3) is 3.61. The lowest BCUT2D eigenvalue weighted by molar-refractivity contribution is 0.321. The number of para-hydroxylation sites is 2. The van der Waals surface area contributed by atoms with Gasteiger partial charge in [0.2, 0.25) is 0 Å². The lowest BCUT2D eigenvalue weighted by atomic mass is 10.3. The first-order valence-electron chi connectivity index (χ1n) is 6.42. The van der Waals surface area contributed by atoms with E-state index in [1.807, 2.05) is 44.2 Å². The third-order valence-corrected chi connectivity index (χ3v) is 2.47. The number of aromatic nitrogens is 1. The van der Waals surface area contributed by atoms with Crippen LogP contribution in [0.25, 0.3) is 0 Å². The Kier molecular flexibility index (Phi) is 4.61. The lowest BCUT2D eigenvalue weighted by Crippen LogP contribution is -1.98. The van der Waals surface area contributed by atoms with Crippen molar-refractivity contribution in [3.8, 4) is 17.2 Å². The van der Waals surface area contributed by atoms with Crippen LogP contribution in [0.5, 0.6) is 17.2 Å². The zero-order chi connectivity index (χ0) is 13.5. The van der Waals surface area contributed by atoms with Crippen LogP contribution in [-0.2, 0) is 0 Å². The van der Waals surface area contributed by atoms with E-state index in [0.717, 1.165) is 18.0 Å². The maximum Gasteiger partial charge on any atom is 0.169 e. The summed E-state index contributed by atoms with van der Waals surface area (Å²) in [6, 6.07) is 9.52. The average Bonchev–Trinajstić information content (AvgIpc) is 2.42. The molecule has 0 amide bonds. The summed E-state index contributed by atoms with van der Waals surface area (Å²) in [5.41, 5.74) is 0.939. The average molecular weight is 258 g/mol. The predicted octanol–water partition coefficient (Wildman–Crippen LogP) is 3.70. The van der Waals surface area contributed by atoms with E-state index in [2.05, 4.69) is 10.3 Å². The van der Waals surface area contributed by atoms with Gasteiger partial charge < -0.3 is 14.8 Å². The van der Waals surface area contributed by atoms with Crippen LogP contribution in [-0.4, -0.2) is 18.1 Å². The van der Waals surface area contributed by atoms with Gasteiger partial charge in [-0.3, -0.25) is 4.98 Å². The van der Waals surface area contributed by atoms with Gasteiger partial charge in [0.05, 0.1) is 24.7 Å². The summed E-state index contributed by atoms with van der Waals surface area (Å²) in [5, 5.41) is 3.20. The van der Waals surface area contributed by atoms with Gasteiger partial charge in [-0.05, 0) is 26.0 Å². The molecule has 0 atom stereocenters. The van der Waals surface area contributed by atoms with Gasteiger partial charge in [-0.25, -0.2) is 0 Å². The lowest BCUT2D eigenvalue weighted by Gasteiger charge is -2.11. The molecule has 100 valence electrons. The minimum atomic E-state index is 0.607. The van der Waals surface area contributed by atoms with Gasteiger partial charge >= 0.3 is 0 Å². The van der Waals surface area contributed by atoms with Crippen molar-refractivity contribution in [1.29, 1.82) is 0 Å². The summed E-state index contributed by atoms with van der Waals surface area (Å²) in [6.45, 7) is 5.44. The number of ether oxygens (including phenoxy) is 2. The number of nitrogens with one attached hydrogen (secondary N) is 1. The highest BCUT2D eigenvalue weighted by atomic mass is 16.5. The van der Waals surface area contributed by atoms with E-state index >= 15 is 0 Å². The summed E-state index contributed by atoms with van der Waals surface area (Å²) in [6.07, 6.45) is 3.45. The SMILES string of the molecule is CCNc1cncc(Oc2ccccc2OCC)c1. The van der Waals surface area contributed by atoms with Crippen molar-refractivity contribution in [3.63, 3.8) is 0 Å². The van der Waals surface area contributed by atoms with E-state index in [1.165, 1.54) is 0 Å². The fourth-order valence-electron chi connectivity index (χ4n) is 1.71. The molecule has 0 aliphatic heterocycles. The summed E-state index contributed by atoms with van der Waals surface area (Å²) >= 11 is 0. The van der Waals surface area contributed by atoms with E-state index in [4.69, 9.17) is 9.47 Å². The van der Waals surface area contributed by atoms with Crippen LogP contribution >= 0.6 is 0 Å². The van der Waals surface area contributed by atoms with E-state index in [1.54, 1.807) is 12.4 Å². The molecular weight excluding hydrogens is 240 g/mol. The maximum atomic E-state index is 5.82. The van der Waals surface area contributed by atoms with Crippen LogP contribution in [0.2, 0.25) is 0 Å². The van der Waals surface area contributed by atoms with Crippen LogP contribution in [0, 0.1) is 0 Å². The Morgan fingerprint density at radius 1 is 1.11 bits per heavy atom. The van der Waals surface area contributed by atoms with Crippen molar-refractivity contribution >= 4 is 5.69 Å². The highest BCUT2D eigenvalue weighted by Gasteiger charge is 2.05. The second-order valence-electron chi connectivity index (χ2n) is 3.92. The van der Waals surface area contributed by atoms with E-state index in [0.29, 0.717) is 18.1 Å². The highest BCUT2D eigenvalue weighted by Crippen LogP contribution is 2.31. The molecular formula is C15H18N2O2. The normalized spacial score (nSPS) is 10.0. The van der Waals surface area contributed by atoms with Crippen molar-refractivity contribution < 1.29 is 9.47 Å². The number of hydrogen-bond donors (Lipinski definition) is 1. The first kappa shape index (κ1) is 13.2. The Morgan fingerprint density at radius 2 is 1.89 bits per heavy atom. The number of hydrogen-bond acceptors (Lipinski definition) is 4. The Balaban J connectivity index is 2.18. The molecule has 0 saturated heterocycles. The quantitative estimate of drug-likeness (QED) is 0.857. The molecule has 4 nitrogen and oxygen atoms in total. The fourth-order valence-corrected chi connectivity index (χ4v) is 1.71. The summed E-state index contributed by atoms with van der Waals surface area (Å²) in [4.78, 5) is 4.15. The molecule has 19 heavy (non-hydrogen) atoms. The van der Waals surface area contributed by atoms with Crippen molar-refractivity contribution in [2.45, 2.75) is 13.8 Å². The minimum Gasteiger partial charge on any atom is -0.490 e. The molecule has 2 rings (SSSR count). The second-order valence-corrected chi connectivity index (χ2v) is 3.92. The van der Waals surface area contributed by atoms with Crippen LogP contribution in [0.15, 0.2) is 42.7 Å². The molecule has 0 bridgehead atoms. The Morgan fingerprint density at radius 3 is 2.63 bits per heavy atom. The van der Waals surface area contributed by atoms with E-state index in [9.17, 15) is 0 Å². The van der Waals surface area contributed by atoms with Crippen molar-refractivity contribution in [1.82, 2.24) is 4.98 Å². The van der Waals surface area contributed by atoms with Crippen LogP contribution in [0.1, 0.15) is 13.8 Å². The molecule has 0 radical (unpaired) electrons. The molecule has 0 spiro atoms. The summed E-state index contributed by atoms with van der Waals surface area (Å²) in [7, 11) is 0. The van der Waals surface area contributed by atoms with Gasteiger partial charge in [-0.15, -0.1) is 0 Å². The van der Waals surface area contributed by atoms with Crippen LogP contribution < -0.4 is 14.8 Å². The van der Waals surface area contributed by atoms with E-state index < -0.39 is 0 Å². The molecule has 0 aliphatic rings. The van der Waals surface area contributed by atoms with E-state index in [-0.39, 0.29) is 0 Å². The number of pyridine rings is 1. The minimum absolute atomic E-state index is 0.607. The van der Waals surface area contributed by atoms with Gasteiger partial charge in [0.25, 0.3) is 0 Å². The van der Waals surface area contributed by atoms with Crippen molar-refractivity contribution in [3.05, 3.63) is 42.7 Å². The molecule has 1 N–H and O–H groups in total. The smallest absolute Gasteiger partial charge is 0.169 e. The number of benzene rings is 1. The largest absolute Gasteiger partial charge is 0.490 e. The zero-order valence-corrected chi connectivity index (χ0v) is 11.2. The second kappa shape index (κ2) is 6.64. The van der Waals surface area contributed by atoms with Crippen LogP contribution in [0.4, 0.5) is 5.69 Å². The Labute approximate surface area is 113 Å². The predicted molar refractivity (Wildman–Crippen MR) is 76.1 cm³/mol. The van der Waals surface area contributed by atoms with Gasteiger partial charge in [-0.1, -0.05) is 12.1 Å². The van der Waals surface area contributed by atoms with Crippen molar-refractivity contribution in [2.24, 2.45) is 0 Å². The first-order chi connectivity index (χ1) is 9.33.